The molecular weight excluding hydrogens is 236 g/mol. The van der Waals surface area contributed by atoms with Gasteiger partial charge in [-0.2, -0.15) is 0 Å². The van der Waals surface area contributed by atoms with Crippen molar-refractivity contribution in [1.29, 1.82) is 0 Å². The topological polar surface area (TPSA) is 35.5 Å². The predicted molar refractivity (Wildman–Crippen MR) is 82.5 cm³/mol. The maximum absolute atomic E-state index is 9.25. The van der Waals surface area contributed by atoms with Crippen molar-refractivity contribution in [2.45, 2.75) is 65.3 Å². The molecule has 1 aliphatic rings. The fraction of sp³-hybridized carbons (Fsp3) is 1.00. The molecule has 3 nitrogen and oxygen atoms in total. The molecule has 0 aromatic heterocycles. The lowest BCUT2D eigenvalue weighted by molar-refractivity contribution is 0.0604. The number of hydrogen-bond acceptors (Lipinski definition) is 3. The monoisotopic (exact) mass is 270 g/mol. The third-order valence-electron chi connectivity index (χ3n) is 5.00. The zero-order valence-electron chi connectivity index (χ0n) is 13.2. The summed E-state index contributed by atoms with van der Waals surface area (Å²) >= 11 is 0. The van der Waals surface area contributed by atoms with E-state index < -0.39 is 0 Å². The van der Waals surface area contributed by atoms with Gasteiger partial charge in [0.25, 0.3) is 0 Å². The zero-order valence-corrected chi connectivity index (χ0v) is 13.2. The van der Waals surface area contributed by atoms with E-state index in [4.69, 9.17) is 0 Å². The maximum atomic E-state index is 9.25. The van der Waals surface area contributed by atoms with E-state index in [1.807, 2.05) is 0 Å². The molecule has 0 aliphatic carbocycles. The molecule has 0 amide bonds. The molecule has 1 unspecified atom stereocenters. The van der Waals surface area contributed by atoms with E-state index in [2.05, 4.69) is 31.0 Å². The van der Waals surface area contributed by atoms with E-state index in [1.165, 1.54) is 45.2 Å². The molecule has 1 aliphatic heterocycles. The Morgan fingerprint density at radius 2 is 1.95 bits per heavy atom. The van der Waals surface area contributed by atoms with E-state index in [-0.39, 0.29) is 0 Å². The second kappa shape index (κ2) is 8.93. The van der Waals surface area contributed by atoms with E-state index in [0.717, 1.165) is 19.5 Å². The minimum atomic E-state index is 0.333. The first-order valence-electron chi connectivity index (χ1n) is 8.27. The first-order valence-corrected chi connectivity index (χ1v) is 8.27. The van der Waals surface area contributed by atoms with Crippen molar-refractivity contribution in [2.75, 3.05) is 32.8 Å². The van der Waals surface area contributed by atoms with Gasteiger partial charge in [-0.05, 0) is 50.6 Å². The van der Waals surface area contributed by atoms with E-state index >= 15 is 0 Å². The Labute approximate surface area is 119 Å². The Morgan fingerprint density at radius 3 is 2.53 bits per heavy atom. The van der Waals surface area contributed by atoms with Crippen molar-refractivity contribution < 1.29 is 5.11 Å². The standard InChI is InChI=1S/C16H34N2O/c1-4-16(5-2,13-17-6-3)14-18-11-8-7-9-15(18)10-12-19/h15,17,19H,4-14H2,1-3H3. The average molecular weight is 270 g/mol. The number of nitrogens with one attached hydrogen (secondary N) is 1. The van der Waals surface area contributed by atoms with Crippen molar-refractivity contribution in [3.63, 3.8) is 0 Å². The predicted octanol–water partition coefficient (Wildman–Crippen LogP) is 2.64. The highest BCUT2D eigenvalue weighted by Crippen LogP contribution is 2.30. The van der Waals surface area contributed by atoms with Crippen LogP contribution in [0, 0.1) is 5.41 Å². The van der Waals surface area contributed by atoms with Gasteiger partial charge in [-0.25, -0.2) is 0 Å². The highest BCUT2D eigenvalue weighted by atomic mass is 16.3. The van der Waals surface area contributed by atoms with Crippen LogP contribution in [-0.2, 0) is 0 Å². The van der Waals surface area contributed by atoms with Crippen LogP contribution in [0.3, 0.4) is 0 Å². The molecule has 0 aromatic carbocycles. The number of rotatable bonds is 9. The number of hydrogen-bond donors (Lipinski definition) is 2. The molecule has 1 fully saturated rings. The molecule has 0 aromatic rings. The fourth-order valence-corrected chi connectivity index (χ4v) is 3.34. The molecule has 1 rings (SSSR count). The summed E-state index contributed by atoms with van der Waals surface area (Å²) in [5, 5.41) is 12.8. The third kappa shape index (κ3) is 5.05. The summed E-state index contributed by atoms with van der Waals surface area (Å²) in [6, 6.07) is 0.609. The quantitative estimate of drug-likeness (QED) is 0.676. The lowest BCUT2D eigenvalue weighted by Crippen LogP contribution is -2.49. The van der Waals surface area contributed by atoms with Gasteiger partial charge in [-0.15, -0.1) is 0 Å². The smallest absolute Gasteiger partial charge is 0.0445 e. The third-order valence-corrected chi connectivity index (χ3v) is 5.00. The molecule has 1 saturated heterocycles. The largest absolute Gasteiger partial charge is 0.396 e. The van der Waals surface area contributed by atoms with Crippen LogP contribution >= 0.6 is 0 Å². The van der Waals surface area contributed by atoms with E-state index in [9.17, 15) is 5.11 Å². The summed E-state index contributed by atoms with van der Waals surface area (Å²) in [5.74, 6) is 0. The lowest BCUT2D eigenvalue weighted by Gasteiger charge is -2.43. The summed E-state index contributed by atoms with van der Waals surface area (Å²) < 4.78 is 0. The molecule has 114 valence electrons. The van der Waals surface area contributed by atoms with Crippen LogP contribution in [0.5, 0.6) is 0 Å². The molecule has 0 saturated carbocycles. The van der Waals surface area contributed by atoms with Crippen molar-refractivity contribution in [2.24, 2.45) is 5.41 Å². The normalized spacial score (nSPS) is 21.8. The van der Waals surface area contributed by atoms with Gasteiger partial charge in [0.2, 0.25) is 0 Å². The van der Waals surface area contributed by atoms with Crippen LogP contribution in [0.4, 0.5) is 0 Å². The number of likely N-dealkylation sites (tertiary alicyclic amines) is 1. The molecule has 0 radical (unpaired) electrons. The molecule has 1 heterocycles. The molecule has 3 heteroatoms. The van der Waals surface area contributed by atoms with Crippen LogP contribution < -0.4 is 5.32 Å². The van der Waals surface area contributed by atoms with Gasteiger partial charge in [0.15, 0.2) is 0 Å². The lowest BCUT2D eigenvalue weighted by atomic mass is 9.80. The highest BCUT2D eigenvalue weighted by molar-refractivity contribution is 4.87. The van der Waals surface area contributed by atoms with Gasteiger partial charge in [0.05, 0.1) is 0 Å². The Balaban J connectivity index is 2.63. The summed E-state index contributed by atoms with van der Waals surface area (Å²) in [7, 11) is 0. The Bertz CT molecular complexity index is 227. The second-order valence-corrected chi connectivity index (χ2v) is 6.12. The molecule has 2 N–H and O–H groups in total. The van der Waals surface area contributed by atoms with Gasteiger partial charge in [0.1, 0.15) is 0 Å². The summed E-state index contributed by atoms with van der Waals surface area (Å²) in [6.07, 6.45) is 7.35. The number of aliphatic hydroxyl groups excluding tert-OH is 1. The second-order valence-electron chi connectivity index (χ2n) is 6.12. The molecule has 0 bridgehead atoms. The van der Waals surface area contributed by atoms with Gasteiger partial charge < -0.3 is 10.4 Å². The zero-order chi connectivity index (χ0) is 14.1. The number of aliphatic hydroxyl groups is 1. The van der Waals surface area contributed by atoms with Crippen LogP contribution in [0.1, 0.15) is 59.3 Å². The Kier molecular flexibility index (Phi) is 7.96. The van der Waals surface area contributed by atoms with Crippen molar-refractivity contribution in [3.8, 4) is 0 Å². The van der Waals surface area contributed by atoms with Crippen LogP contribution in [0.25, 0.3) is 0 Å². The SMILES string of the molecule is CCNCC(CC)(CC)CN1CCCCC1CCO. The van der Waals surface area contributed by atoms with Gasteiger partial charge in [-0.1, -0.05) is 27.2 Å². The highest BCUT2D eigenvalue weighted by Gasteiger charge is 2.32. The average Bonchev–Trinajstić information content (AvgIpc) is 2.46. The van der Waals surface area contributed by atoms with E-state index in [0.29, 0.717) is 18.1 Å². The minimum Gasteiger partial charge on any atom is -0.396 e. The summed E-state index contributed by atoms with van der Waals surface area (Å²) in [4.78, 5) is 2.66. The van der Waals surface area contributed by atoms with Crippen molar-refractivity contribution >= 4 is 0 Å². The number of nitrogens with zero attached hydrogens (tertiary/aromatic N) is 1. The van der Waals surface area contributed by atoms with Crippen LogP contribution in [0.2, 0.25) is 0 Å². The first-order chi connectivity index (χ1) is 9.21. The van der Waals surface area contributed by atoms with Gasteiger partial charge in [0, 0.05) is 25.7 Å². The Morgan fingerprint density at radius 1 is 1.21 bits per heavy atom. The van der Waals surface area contributed by atoms with Crippen LogP contribution in [0.15, 0.2) is 0 Å². The summed E-state index contributed by atoms with van der Waals surface area (Å²) in [5.41, 5.74) is 0.404. The molecule has 1 atom stereocenters. The fourth-order valence-electron chi connectivity index (χ4n) is 3.34. The Hall–Kier alpha value is -0.120. The van der Waals surface area contributed by atoms with Crippen molar-refractivity contribution in [1.82, 2.24) is 10.2 Å². The van der Waals surface area contributed by atoms with Crippen LogP contribution in [-0.4, -0.2) is 48.8 Å². The van der Waals surface area contributed by atoms with Gasteiger partial charge >= 0.3 is 0 Å². The molecule has 0 spiro atoms. The molecular formula is C16H34N2O. The number of piperidine rings is 1. The van der Waals surface area contributed by atoms with Crippen molar-refractivity contribution in [3.05, 3.63) is 0 Å². The summed E-state index contributed by atoms with van der Waals surface area (Å²) in [6.45, 7) is 11.8. The van der Waals surface area contributed by atoms with Gasteiger partial charge in [-0.3, -0.25) is 4.90 Å². The molecule has 19 heavy (non-hydrogen) atoms. The first kappa shape index (κ1) is 16.9. The van der Waals surface area contributed by atoms with E-state index in [1.54, 1.807) is 0 Å². The maximum Gasteiger partial charge on any atom is 0.0445 e. The minimum absolute atomic E-state index is 0.333.